The quantitative estimate of drug-likeness (QED) is 0.832. The average Bonchev–Trinajstić information content (AvgIpc) is 2.83. The molecule has 24 heavy (non-hydrogen) atoms. The Morgan fingerprint density at radius 2 is 2.08 bits per heavy atom. The monoisotopic (exact) mass is 330 g/mol. The molecule has 2 saturated heterocycles. The molecule has 6 heteroatoms. The molecule has 3 rings (SSSR count). The van der Waals surface area contributed by atoms with Crippen LogP contribution in [0.15, 0.2) is 18.2 Å². The number of rotatable bonds is 2. The van der Waals surface area contributed by atoms with Gasteiger partial charge in [0.2, 0.25) is 5.91 Å². The fraction of sp³-hybridized carbons (Fsp3) is 0.611. The molecule has 3 amide bonds. The van der Waals surface area contributed by atoms with E-state index in [0.29, 0.717) is 13.1 Å². The van der Waals surface area contributed by atoms with Crippen molar-refractivity contribution < 1.29 is 9.59 Å². The normalized spacial score (nSPS) is 23.9. The van der Waals surface area contributed by atoms with Crippen LogP contribution in [0.5, 0.6) is 0 Å². The summed E-state index contributed by atoms with van der Waals surface area (Å²) in [6.07, 6.45) is 2.59. The Balaban J connectivity index is 1.71. The minimum absolute atomic E-state index is 0.000626. The van der Waals surface area contributed by atoms with E-state index in [1.807, 2.05) is 34.9 Å². The molecule has 0 radical (unpaired) electrons. The summed E-state index contributed by atoms with van der Waals surface area (Å²) >= 11 is 0. The van der Waals surface area contributed by atoms with E-state index in [-0.39, 0.29) is 11.9 Å². The van der Waals surface area contributed by atoms with Gasteiger partial charge in [0.1, 0.15) is 0 Å². The van der Waals surface area contributed by atoms with Crippen molar-refractivity contribution in [3.63, 3.8) is 0 Å². The third-order valence-electron chi connectivity index (χ3n) is 5.13. The standard InChI is InChI=1S/C18H26N4O2/c1-14-6-4-7-15(19-14)12-21-11-9-18(16(21)23)8-5-10-22(13-18)17(24)20(2)3/h4,6-7H,5,8-13H2,1-3H3/t18-/m0/s1. The van der Waals surface area contributed by atoms with Crippen molar-refractivity contribution in [2.75, 3.05) is 33.7 Å². The summed E-state index contributed by atoms with van der Waals surface area (Å²) in [7, 11) is 3.52. The van der Waals surface area contributed by atoms with Crippen molar-refractivity contribution >= 4 is 11.9 Å². The van der Waals surface area contributed by atoms with E-state index < -0.39 is 5.41 Å². The Bertz CT molecular complexity index is 646. The second-order valence-electron chi connectivity index (χ2n) is 7.23. The van der Waals surface area contributed by atoms with Crippen LogP contribution in [0.3, 0.4) is 0 Å². The van der Waals surface area contributed by atoms with Gasteiger partial charge < -0.3 is 14.7 Å². The fourth-order valence-corrected chi connectivity index (χ4v) is 3.88. The van der Waals surface area contributed by atoms with Gasteiger partial charge in [0, 0.05) is 39.4 Å². The van der Waals surface area contributed by atoms with Crippen LogP contribution >= 0.6 is 0 Å². The van der Waals surface area contributed by atoms with Gasteiger partial charge in [-0.2, -0.15) is 0 Å². The maximum Gasteiger partial charge on any atom is 0.319 e. The zero-order valence-corrected chi connectivity index (χ0v) is 14.8. The lowest BCUT2D eigenvalue weighted by atomic mass is 9.78. The van der Waals surface area contributed by atoms with Crippen LogP contribution in [-0.4, -0.2) is 65.4 Å². The van der Waals surface area contributed by atoms with E-state index in [1.54, 1.807) is 19.0 Å². The molecule has 0 unspecified atom stereocenters. The summed E-state index contributed by atoms with van der Waals surface area (Å²) in [6.45, 7) is 4.55. The second kappa shape index (κ2) is 6.42. The predicted octanol–water partition coefficient (Wildman–Crippen LogP) is 1.89. The van der Waals surface area contributed by atoms with Crippen molar-refractivity contribution in [2.24, 2.45) is 5.41 Å². The summed E-state index contributed by atoms with van der Waals surface area (Å²) < 4.78 is 0. The Labute approximate surface area is 143 Å². The van der Waals surface area contributed by atoms with Gasteiger partial charge in [-0.05, 0) is 38.3 Å². The Morgan fingerprint density at radius 1 is 1.29 bits per heavy atom. The van der Waals surface area contributed by atoms with E-state index in [0.717, 1.165) is 43.7 Å². The van der Waals surface area contributed by atoms with Gasteiger partial charge in [0.05, 0.1) is 17.7 Å². The minimum Gasteiger partial charge on any atom is -0.336 e. The lowest BCUT2D eigenvalue weighted by molar-refractivity contribution is -0.138. The number of carbonyl (C=O) groups excluding carboxylic acids is 2. The van der Waals surface area contributed by atoms with Crippen molar-refractivity contribution in [3.05, 3.63) is 29.6 Å². The van der Waals surface area contributed by atoms with Crippen molar-refractivity contribution in [1.29, 1.82) is 0 Å². The van der Waals surface area contributed by atoms with Gasteiger partial charge in [0.25, 0.3) is 0 Å². The zero-order valence-electron chi connectivity index (χ0n) is 14.8. The number of urea groups is 1. The van der Waals surface area contributed by atoms with Gasteiger partial charge in [-0.25, -0.2) is 4.79 Å². The second-order valence-corrected chi connectivity index (χ2v) is 7.23. The van der Waals surface area contributed by atoms with Gasteiger partial charge >= 0.3 is 6.03 Å². The van der Waals surface area contributed by atoms with Crippen LogP contribution in [0.1, 0.15) is 30.7 Å². The molecular weight excluding hydrogens is 304 g/mol. The molecule has 1 spiro atoms. The number of nitrogens with zero attached hydrogens (tertiary/aromatic N) is 4. The first-order chi connectivity index (χ1) is 11.4. The van der Waals surface area contributed by atoms with E-state index >= 15 is 0 Å². The maximum absolute atomic E-state index is 13.1. The highest BCUT2D eigenvalue weighted by atomic mass is 16.2. The highest BCUT2D eigenvalue weighted by molar-refractivity contribution is 5.86. The molecule has 130 valence electrons. The minimum atomic E-state index is -0.395. The number of carbonyl (C=O) groups is 2. The van der Waals surface area contributed by atoms with E-state index in [9.17, 15) is 9.59 Å². The van der Waals surface area contributed by atoms with Crippen molar-refractivity contribution in [1.82, 2.24) is 19.7 Å². The number of likely N-dealkylation sites (tertiary alicyclic amines) is 2. The van der Waals surface area contributed by atoms with E-state index in [4.69, 9.17) is 0 Å². The number of hydrogen-bond acceptors (Lipinski definition) is 3. The lowest BCUT2D eigenvalue weighted by Gasteiger charge is -2.39. The first kappa shape index (κ1) is 16.7. The third kappa shape index (κ3) is 3.09. The largest absolute Gasteiger partial charge is 0.336 e. The molecule has 6 nitrogen and oxygen atoms in total. The Kier molecular flexibility index (Phi) is 4.47. The predicted molar refractivity (Wildman–Crippen MR) is 91.3 cm³/mol. The molecule has 0 aliphatic carbocycles. The summed E-state index contributed by atoms with van der Waals surface area (Å²) in [4.78, 5) is 35.2. The first-order valence-electron chi connectivity index (χ1n) is 8.59. The SMILES string of the molecule is Cc1cccc(CN2CC[C@]3(CCCN(C(=O)N(C)C)C3)C2=O)n1. The number of aryl methyl sites for hydroxylation is 1. The molecule has 2 aliphatic rings. The number of piperidine rings is 1. The molecule has 2 fully saturated rings. The summed E-state index contributed by atoms with van der Waals surface area (Å²) in [5.41, 5.74) is 1.50. The number of hydrogen-bond donors (Lipinski definition) is 0. The van der Waals surface area contributed by atoms with Crippen LogP contribution in [-0.2, 0) is 11.3 Å². The van der Waals surface area contributed by atoms with Gasteiger partial charge in [-0.15, -0.1) is 0 Å². The van der Waals surface area contributed by atoms with E-state index in [1.165, 1.54) is 0 Å². The zero-order chi connectivity index (χ0) is 17.3. The molecule has 3 heterocycles. The van der Waals surface area contributed by atoms with E-state index in [2.05, 4.69) is 4.98 Å². The fourth-order valence-electron chi connectivity index (χ4n) is 3.88. The molecule has 0 saturated carbocycles. The topological polar surface area (TPSA) is 56.8 Å². The van der Waals surface area contributed by atoms with Crippen LogP contribution in [0.25, 0.3) is 0 Å². The molecule has 2 aliphatic heterocycles. The number of pyridine rings is 1. The van der Waals surface area contributed by atoms with Gasteiger partial charge in [-0.3, -0.25) is 9.78 Å². The van der Waals surface area contributed by atoms with Crippen LogP contribution in [0.4, 0.5) is 4.79 Å². The number of amides is 3. The van der Waals surface area contributed by atoms with Gasteiger partial charge in [0.15, 0.2) is 0 Å². The summed E-state index contributed by atoms with van der Waals surface area (Å²) in [6, 6.07) is 5.91. The van der Waals surface area contributed by atoms with Gasteiger partial charge in [-0.1, -0.05) is 6.07 Å². The molecule has 0 N–H and O–H groups in total. The Morgan fingerprint density at radius 3 is 2.79 bits per heavy atom. The molecule has 1 atom stereocenters. The van der Waals surface area contributed by atoms with Crippen LogP contribution < -0.4 is 0 Å². The highest BCUT2D eigenvalue weighted by Gasteiger charge is 2.49. The lowest BCUT2D eigenvalue weighted by Crippen LogP contribution is -2.52. The molecule has 1 aromatic heterocycles. The highest BCUT2D eigenvalue weighted by Crippen LogP contribution is 2.40. The summed E-state index contributed by atoms with van der Waals surface area (Å²) in [5.74, 6) is 0.182. The molecule has 0 bridgehead atoms. The Hall–Kier alpha value is -2.11. The average molecular weight is 330 g/mol. The number of aromatic nitrogens is 1. The van der Waals surface area contributed by atoms with Crippen LogP contribution in [0.2, 0.25) is 0 Å². The maximum atomic E-state index is 13.1. The molecule has 0 aromatic carbocycles. The summed E-state index contributed by atoms with van der Waals surface area (Å²) in [5, 5.41) is 0. The molecular formula is C18H26N4O2. The van der Waals surface area contributed by atoms with Crippen molar-refractivity contribution in [3.8, 4) is 0 Å². The van der Waals surface area contributed by atoms with Crippen LogP contribution in [0, 0.1) is 12.3 Å². The first-order valence-corrected chi connectivity index (χ1v) is 8.59. The molecule has 1 aromatic rings. The smallest absolute Gasteiger partial charge is 0.319 e. The third-order valence-corrected chi connectivity index (χ3v) is 5.13. The van der Waals surface area contributed by atoms with Crippen molar-refractivity contribution in [2.45, 2.75) is 32.7 Å².